The van der Waals surface area contributed by atoms with Crippen LogP contribution in [0.15, 0.2) is 0 Å². The van der Waals surface area contributed by atoms with Crippen LogP contribution in [-0.4, -0.2) is 42.0 Å². The van der Waals surface area contributed by atoms with Gasteiger partial charge in [0.2, 0.25) is 6.29 Å². The highest BCUT2D eigenvalue weighted by Gasteiger charge is 2.20. The van der Waals surface area contributed by atoms with Crippen LogP contribution in [0.4, 0.5) is 0 Å². The average molecular weight is 142 g/mol. The van der Waals surface area contributed by atoms with Crippen LogP contribution in [-0.2, 0) is 4.79 Å². The Morgan fingerprint density at radius 1 is 1.50 bits per heavy atom. The molecule has 3 heteroatoms. The van der Waals surface area contributed by atoms with Crippen molar-refractivity contribution in [2.45, 2.75) is 18.9 Å². The van der Waals surface area contributed by atoms with Crippen LogP contribution < -0.4 is 0 Å². The van der Waals surface area contributed by atoms with Gasteiger partial charge in [0.05, 0.1) is 12.6 Å². The number of aliphatic hydroxyl groups is 1. The Balaban J connectivity index is 2.36. The molecule has 0 amide bonds. The Kier molecular flexibility index (Phi) is 2.83. The lowest BCUT2D eigenvalue weighted by atomic mass is 10.3. The van der Waals surface area contributed by atoms with Crippen LogP contribution in [0.1, 0.15) is 12.8 Å². The van der Waals surface area contributed by atoms with Gasteiger partial charge in [-0.2, -0.15) is 0 Å². The van der Waals surface area contributed by atoms with E-state index in [0.717, 1.165) is 25.9 Å². The molecule has 1 fully saturated rings. The van der Waals surface area contributed by atoms with Crippen LogP contribution in [0.2, 0.25) is 0 Å². The van der Waals surface area contributed by atoms with E-state index < -0.39 is 0 Å². The van der Waals surface area contributed by atoms with E-state index >= 15 is 0 Å². The maximum atomic E-state index is 10.2. The van der Waals surface area contributed by atoms with Crippen molar-refractivity contribution < 1.29 is 9.90 Å². The van der Waals surface area contributed by atoms with Crippen LogP contribution in [0.3, 0.4) is 0 Å². The third-order valence-electron chi connectivity index (χ3n) is 1.89. The first-order valence-electron chi connectivity index (χ1n) is 3.61. The highest BCUT2D eigenvalue weighted by molar-refractivity contribution is 5.58. The Bertz CT molecular complexity index is 110. The minimum absolute atomic E-state index is 0.0938. The minimum Gasteiger partial charge on any atom is -0.394 e. The molecule has 1 N–H and O–H groups in total. The standard InChI is InChI=1S/C7H12NO2/c9-5-7(6-10)8-3-1-2-4-8/h7,9H,1-5H2. The summed E-state index contributed by atoms with van der Waals surface area (Å²) in [6, 6.07) is -0.373. The van der Waals surface area contributed by atoms with Gasteiger partial charge in [-0.1, -0.05) is 0 Å². The van der Waals surface area contributed by atoms with E-state index in [1.807, 2.05) is 11.2 Å². The molecule has 10 heavy (non-hydrogen) atoms. The van der Waals surface area contributed by atoms with Gasteiger partial charge in [-0.25, -0.2) is 0 Å². The molecule has 1 rings (SSSR count). The Labute approximate surface area is 60.6 Å². The summed E-state index contributed by atoms with van der Waals surface area (Å²) >= 11 is 0. The first-order valence-corrected chi connectivity index (χ1v) is 3.61. The fourth-order valence-electron chi connectivity index (χ4n) is 1.28. The molecule has 1 atom stereocenters. The number of rotatable bonds is 3. The molecule has 1 unspecified atom stereocenters. The van der Waals surface area contributed by atoms with Crippen molar-refractivity contribution in [1.29, 1.82) is 0 Å². The molecular formula is C7H12NO2. The molecule has 1 heterocycles. The SMILES string of the molecule is O=[C]C(CO)N1CCCC1. The maximum Gasteiger partial charge on any atom is 0.219 e. The van der Waals surface area contributed by atoms with E-state index in [9.17, 15) is 4.79 Å². The fourth-order valence-corrected chi connectivity index (χ4v) is 1.28. The quantitative estimate of drug-likeness (QED) is 0.580. The monoisotopic (exact) mass is 142 g/mol. The Morgan fingerprint density at radius 2 is 2.10 bits per heavy atom. The van der Waals surface area contributed by atoms with Gasteiger partial charge in [-0.15, -0.1) is 0 Å². The van der Waals surface area contributed by atoms with Crippen LogP contribution in [0.25, 0.3) is 0 Å². The maximum absolute atomic E-state index is 10.2. The predicted molar refractivity (Wildman–Crippen MR) is 37.4 cm³/mol. The zero-order valence-corrected chi connectivity index (χ0v) is 5.92. The lowest BCUT2D eigenvalue weighted by Crippen LogP contribution is -2.36. The molecule has 1 saturated heterocycles. The lowest BCUT2D eigenvalue weighted by molar-refractivity contribution is 0.185. The molecule has 3 nitrogen and oxygen atoms in total. The highest BCUT2D eigenvalue weighted by Crippen LogP contribution is 2.09. The van der Waals surface area contributed by atoms with Gasteiger partial charge in [0.25, 0.3) is 0 Å². The molecule has 0 bridgehead atoms. The van der Waals surface area contributed by atoms with E-state index in [-0.39, 0.29) is 12.6 Å². The van der Waals surface area contributed by atoms with Crippen LogP contribution in [0, 0.1) is 0 Å². The molecule has 0 spiro atoms. The molecule has 0 aromatic rings. The van der Waals surface area contributed by atoms with Gasteiger partial charge in [-0.05, 0) is 25.9 Å². The molecule has 1 aliphatic rings. The van der Waals surface area contributed by atoms with Crippen molar-refractivity contribution in [3.63, 3.8) is 0 Å². The van der Waals surface area contributed by atoms with E-state index in [4.69, 9.17) is 5.11 Å². The third-order valence-corrected chi connectivity index (χ3v) is 1.89. The second kappa shape index (κ2) is 3.68. The highest BCUT2D eigenvalue weighted by atomic mass is 16.3. The summed E-state index contributed by atoms with van der Waals surface area (Å²) < 4.78 is 0. The second-order valence-electron chi connectivity index (χ2n) is 2.56. The largest absolute Gasteiger partial charge is 0.394 e. The first-order chi connectivity index (χ1) is 4.88. The molecule has 0 aromatic carbocycles. The zero-order chi connectivity index (χ0) is 7.40. The van der Waals surface area contributed by atoms with E-state index in [2.05, 4.69) is 0 Å². The predicted octanol–water partition coefficient (Wildman–Crippen LogP) is -0.447. The van der Waals surface area contributed by atoms with Crippen molar-refractivity contribution in [3.05, 3.63) is 0 Å². The summed E-state index contributed by atoms with van der Waals surface area (Å²) in [6.45, 7) is 1.77. The summed E-state index contributed by atoms with van der Waals surface area (Å²) in [4.78, 5) is 12.2. The van der Waals surface area contributed by atoms with Crippen molar-refractivity contribution in [3.8, 4) is 0 Å². The van der Waals surface area contributed by atoms with Gasteiger partial charge in [0.1, 0.15) is 0 Å². The number of carbonyl (C=O) groups excluding carboxylic acids is 1. The number of hydrogen-bond acceptors (Lipinski definition) is 3. The van der Waals surface area contributed by atoms with Gasteiger partial charge in [0.15, 0.2) is 0 Å². The van der Waals surface area contributed by atoms with Crippen molar-refractivity contribution >= 4 is 6.29 Å². The first kappa shape index (κ1) is 7.69. The topological polar surface area (TPSA) is 40.5 Å². The van der Waals surface area contributed by atoms with Gasteiger partial charge in [-0.3, -0.25) is 9.69 Å². The van der Waals surface area contributed by atoms with E-state index in [0.29, 0.717) is 0 Å². The molecular weight excluding hydrogens is 130 g/mol. The summed E-state index contributed by atoms with van der Waals surface area (Å²) in [6.07, 6.45) is 4.09. The molecule has 1 radical (unpaired) electrons. The number of aliphatic hydroxyl groups excluding tert-OH is 1. The molecule has 1 aliphatic heterocycles. The second-order valence-corrected chi connectivity index (χ2v) is 2.56. The smallest absolute Gasteiger partial charge is 0.219 e. The van der Waals surface area contributed by atoms with E-state index in [1.165, 1.54) is 0 Å². The Hall–Kier alpha value is -0.410. The van der Waals surface area contributed by atoms with E-state index in [1.54, 1.807) is 0 Å². The summed E-state index contributed by atoms with van der Waals surface area (Å²) in [5, 5.41) is 8.68. The van der Waals surface area contributed by atoms with Gasteiger partial charge < -0.3 is 5.11 Å². The normalized spacial score (nSPS) is 22.9. The number of hydrogen-bond donors (Lipinski definition) is 1. The molecule has 0 aromatic heterocycles. The summed E-state index contributed by atoms with van der Waals surface area (Å²) in [5.74, 6) is 0. The number of likely N-dealkylation sites (tertiary alicyclic amines) is 1. The van der Waals surface area contributed by atoms with Crippen LogP contribution >= 0.6 is 0 Å². The minimum atomic E-state index is -0.373. The summed E-state index contributed by atoms with van der Waals surface area (Å²) in [7, 11) is 0. The van der Waals surface area contributed by atoms with Crippen molar-refractivity contribution in [1.82, 2.24) is 4.90 Å². The number of nitrogens with zero attached hydrogens (tertiary/aromatic N) is 1. The molecule has 0 aliphatic carbocycles. The lowest BCUT2D eigenvalue weighted by Gasteiger charge is -2.18. The van der Waals surface area contributed by atoms with Gasteiger partial charge >= 0.3 is 0 Å². The zero-order valence-electron chi connectivity index (χ0n) is 5.92. The third kappa shape index (κ3) is 1.55. The fraction of sp³-hybridized carbons (Fsp3) is 0.857. The Morgan fingerprint density at radius 3 is 2.50 bits per heavy atom. The average Bonchev–Trinajstić information content (AvgIpc) is 2.43. The molecule has 57 valence electrons. The van der Waals surface area contributed by atoms with Crippen molar-refractivity contribution in [2.24, 2.45) is 0 Å². The summed E-state index contributed by atoms with van der Waals surface area (Å²) in [5.41, 5.74) is 0. The van der Waals surface area contributed by atoms with Crippen molar-refractivity contribution in [2.75, 3.05) is 19.7 Å². The van der Waals surface area contributed by atoms with Crippen LogP contribution in [0.5, 0.6) is 0 Å². The van der Waals surface area contributed by atoms with Gasteiger partial charge in [0, 0.05) is 0 Å². The molecule has 0 saturated carbocycles.